The molecular weight excluding hydrogens is 262 g/mol. The quantitative estimate of drug-likeness (QED) is 0.625. The number of nitrogens with two attached hydrogens (primary N) is 1. The Morgan fingerprint density at radius 3 is 3.00 bits per heavy atom. The first-order valence-corrected chi connectivity index (χ1v) is 8.31. The number of rotatable bonds is 6. The van der Waals surface area contributed by atoms with Gasteiger partial charge in [-0.3, -0.25) is 0 Å². The van der Waals surface area contributed by atoms with E-state index in [4.69, 9.17) is 5.73 Å². The van der Waals surface area contributed by atoms with Gasteiger partial charge in [0.1, 0.15) is 0 Å². The zero-order valence-corrected chi connectivity index (χ0v) is 12.5. The highest BCUT2D eigenvalue weighted by atomic mass is 32.2. The number of nitrogen functional groups attached to an aromatic ring is 1. The van der Waals surface area contributed by atoms with Gasteiger partial charge in [-0.1, -0.05) is 0 Å². The van der Waals surface area contributed by atoms with E-state index in [1.807, 2.05) is 24.8 Å². The topological polar surface area (TPSA) is 50.9 Å². The van der Waals surface area contributed by atoms with E-state index in [9.17, 15) is 0 Å². The van der Waals surface area contributed by atoms with E-state index in [1.165, 1.54) is 18.6 Å². The second-order valence-corrected chi connectivity index (χ2v) is 6.49. The van der Waals surface area contributed by atoms with Crippen molar-refractivity contribution in [1.29, 1.82) is 0 Å². The Labute approximate surface area is 116 Å². The maximum Gasteiger partial charge on any atom is 0.0907 e. The Bertz CT molecular complexity index is 522. The molecule has 18 heavy (non-hydrogen) atoms. The largest absolute Gasteiger partial charge is 0.397 e. The number of anilines is 2. The molecule has 1 heterocycles. The van der Waals surface area contributed by atoms with E-state index in [-0.39, 0.29) is 0 Å². The molecule has 5 heteroatoms. The van der Waals surface area contributed by atoms with Crippen LogP contribution in [0.4, 0.5) is 11.4 Å². The van der Waals surface area contributed by atoms with Crippen molar-refractivity contribution in [2.45, 2.75) is 19.8 Å². The van der Waals surface area contributed by atoms with E-state index < -0.39 is 0 Å². The van der Waals surface area contributed by atoms with Gasteiger partial charge in [-0.2, -0.15) is 11.8 Å². The van der Waals surface area contributed by atoms with Crippen molar-refractivity contribution in [3.8, 4) is 0 Å². The summed E-state index contributed by atoms with van der Waals surface area (Å²) < 4.78 is 1.16. The fourth-order valence-corrected chi connectivity index (χ4v) is 3.20. The number of fused-ring (bicyclic) bond motifs is 1. The van der Waals surface area contributed by atoms with Crippen molar-refractivity contribution in [3.63, 3.8) is 0 Å². The first kappa shape index (κ1) is 13.5. The number of nitrogens with one attached hydrogen (secondary N) is 1. The van der Waals surface area contributed by atoms with Crippen LogP contribution in [0, 0.1) is 6.92 Å². The third-order valence-corrected chi connectivity index (χ3v) is 4.39. The van der Waals surface area contributed by atoms with Crippen LogP contribution in [0.3, 0.4) is 0 Å². The molecule has 1 aromatic carbocycles. The van der Waals surface area contributed by atoms with E-state index in [2.05, 4.69) is 22.6 Å². The lowest BCUT2D eigenvalue weighted by atomic mass is 10.2. The molecular formula is C13H19N3S2. The van der Waals surface area contributed by atoms with Gasteiger partial charge in [-0.25, -0.2) is 4.98 Å². The number of unbranched alkanes of at least 4 members (excludes halogenated alkanes) is 1. The predicted octanol–water partition coefficient (Wildman–Crippen LogP) is 3.74. The fourth-order valence-electron chi connectivity index (χ4n) is 1.85. The molecule has 3 N–H and O–H groups in total. The average Bonchev–Trinajstić information content (AvgIpc) is 2.68. The molecule has 0 fully saturated rings. The second-order valence-electron chi connectivity index (χ2n) is 4.27. The van der Waals surface area contributed by atoms with Crippen molar-refractivity contribution in [2.75, 3.05) is 29.6 Å². The van der Waals surface area contributed by atoms with Crippen LogP contribution in [-0.2, 0) is 0 Å². The van der Waals surface area contributed by atoms with Gasteiger partial charge in [-0.15, -0.1) is 11.3 Å². The summed E-state index contributed by atoms with van der Waals surface area (Å²) in [5.41, 5.74) is 8.92. The lowest BCUT2D eigenvalue weighted by Gasteiger charge is -2.09. The zero-order chi connectivity index (χ0) is 13.0. The van der Waals surface area contributed by atoms with E-state index in [1.54, 1.807) is 11.3 Å². The molecule has 0 aliphatic carbocycles. The van der Waals surface area contributed by atoms with Gasteiger partial charge in [0.15, 0.2) is 0 Å². The Hall–Kier alpha value is -0.940. The molecule has 0 spiro atoms. The highest BCUT2D eigenvalue weighted by Gasteiger charge is 2.05. The molecule has 0 aliphatic heterocycles. The molecule has 2 aromatic rings. The number of thioether (sulfide) groups is 1. The summed E-state index contributed by atoms with van der Waals surface area (Å²) in [6.07, 6.45) is 4.56. The SMILES string of the molecule is CSCCCCNc1cc2nc(C)sc2cc1N. The molecule has 0 radical (unpaired) electrons. The summed E-state index contributed by atoms with van der Waals surface area (Å²) >= 11 is 3.58. The average molecular weight is 281 g/mol. The van der Waals surface area contributed by atoms with Crippen molar-refractivity contribution >= 4 is 44.7 Å². The highest BCUT2D eigenvalue weighted by Crippen LogP contribution is 2.29. The van der Waals surface area contributed by atoms with Crippen LogP contribution in [-0.4, -0.2) is 23.5 Å². The molecule has 0 saturated carbocycles. The van der Waals surface area contributed by atoms with E-state index >= 15 is 0 Å². The third kappa shape index (κ3) is 3.29. The monoisotopic (exact) mass is 281 g/mol. The number of benzene rings is 1. The minimum absolute atomic E-state index is 0.816. The number of hydrogen-bond acceptors (Lipinski definition) is 5. The molecule has 0 amide bonds. The highest BCUT2D eigenvalue weighted by molar-refractivity contribution is 7.98. The molecule has 2 rings (SSSR count). The first-order chi connectivity index (χ1) is 8.70. The van der Waals surface area contributed by atoms with Crippen LogP contribution < -0.4 is 11.1 Å². The maximum atomic E-state index is 6.05. The summed E-state index contributed by atoms with van der Waals surface area (Å²) in [6, 6.07) is 4.08. The minimum atomic E-state index is 0.816. The second kappa shape index (κ2) is 6.29. The predicted molar refractivity (Wildman–Crippen MR) is 84.9 cm³/mol. The van der Waals surface area contributed by atoms with Gasteiger partial charge in [0.05, 0.1) is 26.6 Å². The molecule has 0 atom stereocenters. The summed E-state index contributed by atoms with van der Waals surface area (Å²) in [5.74, 6) is 1.22. The normalized spacial score (nSPS) is 11.0. The third-order valence-electron chi connectivity index (χ3n) is 2.76. The van der Waals surface area contributed by atoms with Gasteiger partial charge < -0.3 is 11.1 Å². The lowest BCUT2D eigenvalue weighted by molar-refractivity contribution is 0.844. The Balaban J connectivity index is 2.01. The van der Waals surface area contributed by atoms with Gasteiger partial charge >= 0.3 is 0 Å². The van der Waals surface area contributed by atoms with Gasteiger partial charge in [-0.05, 0) is 43.9 Å². The number of thiazole rings is 1. The molecule has 3 nitrogen and oxygen atoms in total. The molecule has 98 valence electrons. The van der Waals surface area contributed by atoms with Crippen LogP contribution in [0.25, 0.3) is 10.2 Å². The van der Waals surface area contributed by atoms with Gasteiger partial charge in [0.2, 0.25) is 0 Å². The van der Waals surface area contributed by atoms with Crippen molar-refractivity contribution < 1.29 is 0 Å². The van der Waals surface area contributed by atoms with Crippen LogP contribution in [0.1, 0.15) is 17.8 Å². The van der Waals surface area contributed by atoms with E-state index in [0.717, 1.165) is 33.1 Å². The standard InChI is InChI=1S/C13H19N3S2/c1-9-16-12-8-11(10(14)7-13(12)18-9)15-5-3-4-6-17-2/h7-8,15H,3-6,14H2,1-2H3. The van der Waals surface area contributed by atoms with Gasteiger partial charge in [0.25, 0.3) is 0 Å². The lowest BCUT2D eigenvalue weighted by Crippen LogP contribution is -2.04. The fraction of sp³-hybridized carbons (Fsp3) is 0.462. The molecule has 0 bridgehead atoms. The summed E-state index contributed by atoms with van der Waals surface area (Å²) in [5, 5.41) is 4.49. The van der Waals surface area contributed by atoms with Crippen LogP contribution in [0.2, 0.25) is 0 Å². The number of hydrogen-bond donors (Lipinski definition) is 2. The molecule has 0 aliphatic rings. The van der Waals surface area contributed by atoms with E-state index in [0.29, 0.717) is 0 Å². The number of aryl methyl sites for hydroxylation is 1. The van der Waals surface area contributed by atoms with Crippen LogP contribution in [0.5, 0.6) is 0 Å². The number of aromatic nitrogens is 1. The summed E-state index contributed by atoms with van der Waals surface area (Å²) in [7, 11) is 0. The smallest absolute Gasteiger partial charge is 0.0907 e. The molecule has 1 aromatic heterocycles. The van der Waals surface area contributed by atoms with Crippen LogP contribution >= 0.6 is 23.1 Å². The summed E-state index contributed by atoms with van der Waals surface area (Å²) in [6.45, 7) is 3.00. The summed E-state index contributed by atoms with van der Waals surface area (Å²) in [4.78, 5) is 4.49. The van der Waals surface area contributed by atoms with Crippen LogP contribution in [0.15, 0.2) is 12.1 Å². The van der Waals surface area contributed by atoms with Gasteiger partial charge in [0, 0.05) is 6.54 Å². The van der Waals surface area contributed by atoms with Crippen molar-refractivity contribution in [1.82, 2.24) is 4.98 Å². The zero-order valence-electron chi connectivity index (χ0n) is 10.8. The minimum Gasteiger partial charge on any atom is -0.397 e. The Morgan fingerprint density at radius 2 is 2.22 bits per heavy atom. The van der Waals surface area contributed by atoms with Crippen molar-refractivity contribution in [3.05, 3.63) is 17.1 Å². The Morgan fingerprint density at radius 1 is 1.39 bits per heavy atom. The molecule has 0 saturated heterocycles. The maximum absolute atomic E-state index is 6.05. The van der Waals surface area contributed by atoms with Crippen molar-refractivity contribution in [2.24, 2.45) is 0 Å². The molecule has 0 unspecified atom stereocenters. The Kier molecular flexibility index (Phi) is 4.72. The number of nitrogens with zero attached hydrogens (tertiary/aromatic N) is 1. The first-order valence-electron chi connectivity index (χ1n) is 6.10.